The van der Waals surface area contributed by atoms with Crippen molar-refractivity contribution in [2.24, 2.45) is 5.41 Å². The number of aliphatic hydroxyl groups is 1. The van der Waals surface area contributed by atoms with Crippen molar-refractivity contribution in [3.63, 3.8) is 0 Å². The second-order valence-corrected chi connectivity index (χ2v) is 5.22. The standard InChI is InChI=1S/C13H24N4O/c1-5-14-11-10(2)12(17-9-16-11)15-8-13(3,4)6-7-18/h9,18H,5-8H2,1-4H3,(H2,14,15,16,17). The summed E-state index contributed by atoms with van der Waals surface area (Å²) in [7, 11) is 0. The highest BCUT2D eigenvalue weighted by Gasteiger charge is 2.17. The maximum absolute atomic E-state index is 9.00. The molecular formula is C13H24N4O. The molecule has 0 fully saturated rings. The van der Waals surface area contributed by atoms with E-state index in [1.807, 2.05) is 13.8 Å². The smallest absolute Gasteiger partial charge is 0.134 e. The number of rotatable bonds is 7. The predicted octanol–water partition coefficient (Wildman–Crippen LogP) is 2.04. The molecule has 0 unspecified atom stereocenters. The maximum atomic E-state index is 9.00. The van der Waals surface area contributed by atoms with Crippen LogP contribution in [0.25, 0.3) is 0 Å². The van der Waals surface area contributed by atoms with Gasteiger partial charge in [0.25, 0.3) is 0 Å². The van der Waals surface area contributed by atoms with Crippen molar-refractivity contribution in [2.45, 2.75) is 34.1 Å². The monoisotopic (exact) mass is 252 g/mol. The zero-order valence-electron chi connectivity index (χ0n) is 11.7. The van der Waals surface area contributed by atoms with Crippen LogP contribution in [0.5, 0.6) is 0 Å². The second-order valence-electron chi connectivity index (χ2n) is 5.22. The number of nitrogens with one attached hydrogen (secondary N) is 2. The number of hydrogen-bond donors (Lipinski definition) is 3. The Hall–Kier alpha value is -1.36. The molecule has 1 aromatic heterocycles. The molecule has 0 saturated carbocycles. The summed E-state index contributed by atoms with van der Waals surface area (Å²) in [5.41, 5.74) is 1.07. The van der Waals surface area contributed by atoms with Crippen LogP contribution >= 0.6 is 0 Å². The van der Waals surface area contributed by atoms with Gasteiger partial charge in [-0.15, -0.1) is 0 Å². The molecule has 0 spiro atoms. The molecule has 0 atom stereocenters. The molecule has 18 heavy (non-hydrogen) atoms. The normalized spacial score (nSPS) is 11.4. The summed E-state index contributed by atoms with van der Waals surface area (Å²) in [6, 6.07) is 0. The molecule has 0 aromatic carbocycles. The fraction of sp³-hybridized carbons (Fsp3) is 0.692. The third-order valence-corrected chi connectivity index (χ3v) is 2.95. The van der Waals surface area contributed by atoms with E-state index in [0.717, 1.165) is 36.7 Å². The molecule has 5 heteroatoms. The third kappa shape index (κ3) is 4.14. The Morgan fingerprint density at radius 1 is 1.22 bits per heavy atom. The molecule has 0 aliphatic heterocycles. The first-order valence-corrected chi connectivity index (χ1v) is 6.40. The van der Waals surface area contributed by atoms with Gasteiger partial charge in [0.2, 0.25) is 0 Å². The van der Waals surface area contributed by atoms with E-state index < -0.39 is 0 Å². The molecule has 5 nitrogen and oxygen atoms in total. The minimum absolute atomic E-state index is 0.0461. The first-order valence-electron chi connectivity index (χ1n) is 6.40. The molecular weight excluding hydrogens is 228 g/mol. The van der Waals surface area contributed by atoms with Gasteiger partial charge >= 0.3 is 0 Å². The molecule has 3 N–H and O–H groups in total. The fourth-order valence-corrected chi connectivity index (χ4v) is 1.69. The van der Waals surface area contributed by atoms with Crippen LogP contribution in [0.15, 0.2) is 6.33 Å². The van der Waals surface area contributed by atoms with E-state index in [2.05, 4.69) is 34.4 Å². The highest BCUT2D eigenvalue weighted by molar-refractivity contribution is 5.56. The molecule has 102 valence electrons. The molecule has 1 heterocycles. The van der Waals surface area contributed by atoms with Crippen molar-refractivity contribution in [1.82, 2.24) is 9.97 Å². The van der Waals surface area contributed by atoms with Gasteiger partial charge in [-0.25, -0.2) is 9.97 Å². The van der Waals surface area contributed by atoms with E-state index in [9.17, 15) is 0 Å². The van der Waals surface area contributed by atoms with E-state index in [4.69, 9.17) is 5.11 Å². The summed E-state index contributed by atoms with van der Waals surface area (Å²) in [5, 5.41) is 15.5. The first kappa shape index (κ1) is 14.7. The summed E-state index contributed by atoms with van der Waals surface area (Å²) >= 11 is 0. The van der Waals surface area contributed by atoms with Crippen LogP contribution in [0.4, 0.5) is 11.6 Å². The van der Waals surface area contributed by atoms with E-state index >= 15 is 0 Å². The van der Waals surface area contributed by atoms with Gasteiger partial charge in [0, 0.05) is 25.3 Å². The Labute approximate surface area is 109 Å². The lowest BCUT2D eigenvalue weighted by Gasteiger charge is -2.24. The van der Waals surface area contributed by atoms with Crippen molar-refractivity contribution < 1.29 is 5.11 Å². The number of aromatic nitrogens is 2. The zero-order valence-corrected chi connectivity index (χ0v) is 11.7. The van der Waals surface area contributed by atoms with Gasteiger partial charge < -0.3 is 15.7 Å². The lowest BCUT2D eigenvalue weighted by molar-refractivity contribution is 0.220. The van der Waals surface area contributed by atoms with Gasteiger partial charge in [-0.05, 0) is 25.7 Å². The fourth-order valence-electron chi connectivity index (χ4n) is 1.69. The Morgan fingerprint density at radius 3 is 2.39 bits per heavy atom. The van der Waals surface area contributed by atoms with Crippen molar-refractivity contribution in [1.29, 1.82) is 0 Å². The van der Waals surface area contributed by atoms with Crippen LogP contribution in [-0.2, 0) is 0 Å². The maximum Gasteiger partial charge on any atom is 0.134 e. The van der Waals surface area contributed by atoms with Crippen LogP contribution in [0.1, 0.15) is 32.8 Å². The van der Waals surface area contributed by atoms with Gasteiger partial charge in [0.1, 0.15) is 18.0 Å². The van der Waals surface area contributed by atoms with Crippen LogP contribution in [-0.4, -0.2) is 34.8 Å². The quantitative estimate of drug-likeness (QED) is 0.692. The first-order chi connectivity index (χ1) is 8.50. The van der Waals surface area contributed by atoms with Gasteiger partial charge in [-0.2, -0.15) is 0 Å². The zero-order chi connectivity index (χ0) is 13.6. The largest absolute Gasteiger partial charge is 0.396 e. The Kier molecular flexibility index (Phi) is 5.34. The molecule has 0 aliphatic carbocycles. The average molecular weight is 252 g/mol. The topological polar surface area (TPSA) is 70.1 Å². The summed E-state index contributed by atoms with van der Waals surface area (Å²) < 4.78 is 0. The molecule has 1 rings (SSSR count). The van der Waals surface area contributed by atoms with E-state index in [1.165, 1.54) is 0 Å². The number of aliphatic hydroxyl groups excluding tert-OH is 1. The van der Waals surface area contributed by atoms with Crippen LogP contribution < -0.4 is 10.6 Å². The number of nitrogens with zero attached hydrogens (tertiary/aromatic N) is 2. The highest BCUT2D eigenvalue weighted by Crippen LogP contribution is 2.23. The Morgan fingerprint density at radius 2 is 1.83 bits per heavy atom. The van der Waals surface area contributed by atoms with Gasteiger partial charge in [-0.3, -0.25) is 0 Å². The van der Waals surface area contributed by atoms with E-state index in [0.29, 0.717) is 0 Å². The average Bonchev–Trinajstić information content (AvgIpc) is 2.30. The molecule has 0 saturated heterocycles. The van der Waals surface area contributed by atoms with Gasteiger partial charge in [-0.1, -0.05) is 13.8 Å². The van der Waals surface area contributed by atoms with Crippen molar-refractivity contribution >= 4 is 11.6 Å². The lowest BCUT2D eigenvalue weighted by atomic mass is 9.90. The predicted molar refractivity (Wildman–Crippen MR) is 74.9 cm³/mol. The molecule has 0 radical (unpaired) electrons. The molecule has 0 amide bonds. The third-order valence-electron chi connectivity index (χ3n) is 2.95. The lowest BCUT2D eigenvalue weighted by Crippen LogP contribution is -2.25. The summed E-state index contributed by atoms with van der Waals surface area (Å²) in [6.07, 6.45) is 2.33. The number of anilines is 2. The highest BCUT2D eigenvalue weighted by atomic mass is 16.3. The van der Waals surface area contributed by atoms with E-state index in [-0.39, 0.29) is 12.0 Å². The van der Waals surface area contributed by atoms with Gasteiger partial charge in [0.15, 0.2) is 0 Å². The van der Waals surface area contributed by atoms with Gasteiger partial charge in [0.05, 0.1) is 0 Å². The Balaban J connectivity index is 2.70. The van der Waals surface area contributed by atoms with Crippen LogP contribution in [0.3, 0.4) is 0 Å². The Bertz CT molecular complexity index is 379. The molecule has 0 aliphatic rings. The van der Waals surface area contributed by atoms with Crippen LogP contribution in [0.2, 0.25) is 0 Å². The minimum Gasteiger partial charge on any atom is -0.396 e. The second kappa shape index (κ2) is 6.54. The molecule has 0 bridgehead atoms. The summed E-state index contributed by atoms with van der Waals surface area (Å²) in [4.78, 5) is 8.47. The van der Waals surface area contributed by atoms with Crippen LogP contribution in [0, 0.1) is 12.3 Å². The summed E-state index contributed by atoms with van der Waals surface area (Å²) in [5.74, 6) is 1.72. The van der Waals surface area contributed by atoms with Crippen molar-refractivity contribution in [3.05, 3.63) is 11.9 Å². The van der Waals surface area contributed by atoms with Crippen molar-refractivity contribution in [3.8, 4) is 0 Å². The summed E-state index contributed by atoms with van der Waals surface area (Å²) in [6.45, 7) is 10.1. The minimum atomic E-state index is 0.0461. The van der Waals surface area contributed by atoms with Crippen molar-refractivity contribution in [2.75, 3.05) is 30.3 Å². The SMILES string of the molecule is CCNc1ncnc(NCC(C)(C)CCO)c1C. The van der Waals surface area contributed by atoms with E-state index in [1.54, 1.807) is 6.33 Å². The molecule has 1 aromatic rings. The number of hydrogen-bond acceptors (Lipinski definition) is 5.